The standard InChI is InChI=1S/C14H16ClN5S/c1-4-9-7-10-12(17-14(15)18-13(10)21-9)20(3)8-11-16-5-6-19(11)2/h5-7H,4,8H2,1-3H3. The maximum Gasteiger partial charge on any atom is 0.225 e. The Morgan fingerprint density at radius 3 is 2.86 bits per heavy atom. The van der Waals surface area contributed by atoms with E-state index in [2.05, 4.69) is 32.8 Å². The smallest absolute Gasteiger partial charge is 0.225 e. The molecule has 110 valence electrons. The van der Waals surface area contributed by atoms with Gasteiger partial charge in [-0.3, -0.25) is 0 Å². The minimum absolute atomic E-state index is 0.286. The van der Waals surface area contributed by atoms with Crippen molar-refractivity contribution < 1.29 is 0 Å². The third kappa shape index (κ3) is 2.73. The van der Waals surface area contributed by atoms with Gasteiger partial charge in [-0.2, -0.15) is 4.98 Å². The second kappa shape index (κ2) is 5.61. The van der Waals surface area contributed by atoms with Crippen molar-refractivity contribution in [3.05, 3.63) is 34.4 Å². The average Bonchev–Trinajstić information content (AvgIpc) is 3.04. The minimum atomic E-state index is 0.286. The predicted molar refractivity (Wildman–Crippen MR) is 87.1 cm³/mol. The van der Waals surface area contributed by atoms with Gasteiger partial charge in [-0.25, -0.2) is 9.97 Å². The van der Waals surface area contributed by atoms with Gasteiger partial charge in [0.2, 0.25) is 5.28 Å². The summed E-state index contributed by atoms with van der Waals surface area (Å²) < 4.78 is 2.00. The van der Waals surface area contributed by atoms with Crippen molar-refractivity contribution >= 4 is 39.0 Å². The average molecular weight is 322 g/mol. The first-order valence-corrected chi connectivity index (χ1v) is 7.91. The number of fused-ring (bicyclic) bond motifs is 1. The Morgan fingerprint density at radius 2 is 2.19 bits per heavy atom. The molecule has 0 spiro atoms. The van der Waals surface area contributed by atoms with Crippen molar-refractivity contribution in [1.29, 1.82) is 0 Å². The van der Waals surface area contributed by atoms with E-state index in [1.54, 1.807) is 17.5 Å². The fraction of sp³-hybridized carbons (Fsp3) is 0.357. The molecule has 0 aliphatic carbocycles. The molecule has 0 amide bonds. The van der Waals surface area contributed by atoms with E-state index in [1.807, 2.05) is 24.9 Å². The van der Waals surface area contributed by atoms with Crippen molar-refractivity contribution in [2.24, 2.45) is 7.05 Å². The Balaban J connectivity index is 2.02. The van der Waals surface area contributed by atoms with Crippen LogP contribution in [0.2, 0.25) is 5.28 Å². The fourth-order valence-electron chi connectivity index (χ4n) is 2.23. The second-order valence-electron chi connectivity index (χ2n) is 4.91. The topological polar surface area (TPSA) is 46.8 Å². The van der Waals surface area contributed by atoms with Crippen LogP contribution in [0.15, 0.2) is 18.5 Å². The summed E-state index contributed by atoms with van der Waals surface area (Å²) in [5.74, 6) is 1.83. The van der Waals surface area contributed by atoms with Gasteiger partial charge in [0.05, 0.1) is 11.9 Å². The SMILES string of the molecule is CCc1cc2c(N(C)Cc3nccn3C)nc(Cl)nc2s1. The van der Waals surface area contributed by atoms with Crippen LogP contribution in [-0.4, -0.2) is 26.6 Å². The molecule has 3 heterocycles. The number of hydrogen-bond donors (Lipinski definition) is 0. The maximum absolute atomic E-state index is 6.07. The minimum Gasteiger partial charge on any atom is -0.352 e. The van der Waals surface area contributed by atoms with Gasteiger partial charge >= 0.3 is 0 Å². The predicted octanol–water partition coefficient (Wildman–Crippen LogP) is 3.28. The van der Waals surface area contributed by atoms with Crippen molar-refractivity contribution in [2.75, 3.05) is 11.9 Å². The van der Waals surface area contributed by atoms with Crippen molar-refractivity contribution in [3.8, 4) is 0 Å². The highest BCUT2D eigenvalue weighted by Crippen LogP contribution is 2.32. The van der Waals surface area contributed by atoms with Gasteiger partial charge in [0.1, 0.15) is 16.5 Å². The summed E-state index contributed by atoms with van der Waals surface area (Å²) in [5, 5.41) is 1.34. The van der Waals surface area contributed by atoms with Crippen molar-refractivity contribution in [1.82, 2.24) is 19.5 Å². The zero-order valence-electron chi connectivity index (χ0n) is 12.2. The Morgan fingerprint density at radius 1 is 1.38 bits per heavy atom. The highest BCUT2D eigenvalue weighted by Gasteiger charge is 2.15. The Hall–Kier alpha value is -1.66. The van der Waals surface area contributed by atoms with E-state index in [-0.39, 0.29) is 5.28 Å². The fourth-order valence-corrected chi connectivity index (χ4v) is 3.41. The number of halogens is 1. The number of imidazole rings is 1. The molecule has 0 saturated heterocycles. The Labute approximate surface area is 132 Å². The van der Waals surface area contributed by atoms with Gasteiger partial charge in [0.25, 0.3) is 0 Å². The molecule has 0 aliphatic rings. The molecular weight excluding hydrogens is 306 g/mol. The molecule has 0 bridgehead atoms. The number of thiophene rings is 1. The number of aryl methyl sites for hydroxylation is 2. The number of aromatic nitrogens is 4. The van der Waals surface area contributed by atoms with E-state index in [9.17, 15) is 0 Å². The molecule has 21 heavy (non-hydrogen) atoms. The lowest BCUT2D eigenvalue weighted by Gasteiger charge is -2.18. The maximum atomic E-state index is 6.07. The normalized spacial score (nSPS) is 11.2. The van der Waals surface area contributed by atoms with Gasteiger partial charge in [-0.15, -0.1) is 11.3 Å². The van der Waals surface area contributed by atoms with E-state index >= 15 is 0 Å². The van der Waals surface area contributed by atoms with E-state index in [4.69, 9.17) is 11.6 Å². The van der Waals surface area contributed by atoms with Crippen LogP contribution in [0.25, 0.3) is 10.2 Å². The molecule has 0 saturated carbocycles. The summed E-state index contributed by atoms with van der Waals surface area (Å²) in [5.41, 5.74) is 0. The molecule has 0 aliphatic heterocycles. The number of hydrogen-bond acceptors (Lipinski definition) is 5. The van der Waals surface area contributed by atoms with Crippen LogP contribution in [0.3, 0.4) is 0 Å². The molecule has 3 aromatic heterocycles. The van der Waals surface area contributed by atoms with Gasteiger partial charge in [0.15, 0.2) is 0 Å². The molecule has 0 aromatic carbocycles. The summed E-state index contributed by atoms with van der Waals surface area (Å²) in [4.78, 5) is 17.4. The van der Waals surface area contributed by atoms with Crippen molar-refractivity contribution in [3.63, 3.8) is 0 Å². The summed E-state index contributed by atoms with van der Waals surface area (Å²) in [6.45, 7) is 2.81. The second-order valence-corrected chi connectivity index (χ2v) is 6.37. The molecule has 0 N–H and O–H groups in total. The van der Waals surface area contributed by atoms with Gasteiger partial charge in [-0.05, 0) is 24.1 Å². The number of anilines is 1. The highest BCUT2D eigenvalue weighted by molar-refractivity contribution is 7.18. The van der Waals surface area contributed by atoms with E-state index in [0.29, 0.717) is 6.54 Å². The molecule has 0 unspecified atom stereocenters. The first-order valence-electron chi connectivity index (χ1n) is 6.71. The van der Waals surface area contributed by atoms with Crippen LogP contribution < -0.4 is 4.90 Å². The molecular formula is C14H16ClN5S. The highest BCUT2D eigenvalue weighted by atomic mass is 35.5. The third-order valence-electron chi connectivity index (χ3n) is 3.41. The molecule has 3 aromatic rings. The monoisotopic (exact) mass is 321 g/mol. The zero-order valence-corrected chi connectivity index (χ0v) is 13.7. The lowest BCUT2D eigenvalue weighted by atomic mass is 10.3. The van der Waals surface area contributed by atoms with Crippen LogP contribution in [0.1, 0.15) is 17.6 Å². The summed E-state index contributed by atoms with van der Waals surface area (Å²) >= 11 is 7.74. The quantitative estimate of drug-likeness (QED) is 0.692. The summed E-state index contributed by atoms with van der Waals surface area (Å²) in [7, 11) is 3.98. The lowest BCUT2D eigenvalue weighted by Crippen LogP contribution is -2.20. The number of nitrogens with zero attached hydrogens (tertiary/aromatic N) is 5. The van der Waals surface area contributed by atoms with Gasteiger partial charge in [-0.1, -0.05) is 6.92 Å². The molecule has 0 fully saturated rings. The molecule has 7 heteroatoms. The van der Waals surface area contributed by atoms with E-state index in [1.165, 1.54) is 4.88 Å². The molecule has 5 nitrogen and oxygen atoms in total. The molecule has 0 atom stereocenters. The van der Waals surface area contributed by atoms with Crippen LogP contribution >= 0.6 is 22.9 Å². The lowest BCUT2D eigenvalue weighted by molar-refractivity contribution is 0.757. The van der Waals surface area contributed by atoms with Crippen LogP contribution in [0.5, 0.6) is 0 Å². The molecule has 0 radical (unpaired) electrons. The third-order valence-corrected chi connectivity index (χ3v) is 4.75. The number of rotatable bonds is 4. The summed E-state index contributed by atoms with van der Waals surface area (Å²) in [6.07, 6.45) is 4.72. The Bertz CT molecular complexity index is 779. The van der Waals surface area contributed by atoms with Crippen LogP contribution in [0, 0.1) is 0 Å². The zero-order chi connectivity index (χ0) is 15.0. The van der Waals surface area contributed by atoms with E-state index in [0.717, 1.165) is 28.3 Å². The first kappa shape index (κ1) is 14.3. The van der Waals surface area contributed by atoms with Crippen LogP contribution in [0.4, 0.5) is 5.82 Å². The first-order chi connectivity index (χ1) is 10.1. The van der Waals surface area contributed by atoms with Gasteiger partial charge < -0.3 is 9.47 Å². The Kier molecular flexibility index (Phi) is 3.82. The van der Waals surface area contributed by atoms with Crippen molar-refractivity contribution in [2.45, 2.75) is 19.9 Å². The van der Waals surface area contributed by atoms with E-state index < -0.39 is 0 Å². The van der Waals surface area contributed by atoms with Crippen LogP contribution in [-0.2, 0) is 20.0 Å². The van der Waals surface area contributed by atoms with Gasteiger partial charge in [0, 0.05) is 31.4 Å². The molecule has 3 rings (SSSR count). The summed E-state index contributed by atoms with van der Waals surface area (Å²) in [6, 6.07) is 2.15. The largest absolute Gasteiger partial charge is 0.352 e.